The molecule has 1 unspecified atom stereocenters. The summed E-state index contributed by atoms with van der Waals surface area (Å²) in [6, 6.07) is 0. The Morgan fingerprint density at radius 3 is 2.00 bits per heavy atom. The minimum absolute atomic E-state index is 0.366. The molecule has 0 aromatic heterocycles. The topological polar surface area (TPSA) is 57.5 Å². The molecule has 0 spiro atoms. The van der Waals surface area contributed by atoms with Crippen LogP contribution in [0.15, 0.2) is 12.2 Å². The number of aliphatic carboxylic acids is 1. The highest BCUT2D eigenvalue weighted by molar-refractivity contribution is 5.71. The van der Waals surface area contributed by atoms with Gasteiger partial charge in [0.1, 0.15) is 0 Å². The molecule has 3 nitrogen and oxygen atoms in total. The van der Waals surface area contributed by atoms with Crippen LogP contribution in [0.2, 0.25) is 0 Å². The molecule has 120 valence electrons. The van der Waals surface area contributed by atoms with E-state index >= 15 is 0 Å². The Bertz CT molecular complexity index is 315. The van der Waals surface area contributed by atoms with Gasteiger partial charge in [0.25, 0.3) is 0 Å². The number of rotatable bonds is 14. The third-order valence-electron chi connectivity index (χ3n) is 3.49. The second-order valence-corrected chi connectivity index (χ2v) is 5.47. The number of hydrogen-bond acceptors (Lipinski definition) is 2. The monoisotopic (exact) mass is 294 g/mol. The predicted molar refractivity (Wildman–Crippen MR) is 87.0 cm³/mol. The van der Waals surface area contributed by atoms with Crippen LogP contribution in [0.3, 0.4) is 0 Å². The molecule has 0 saturated carbocycles. The summed E-state index contributed by atoms with van der Waals surface area (Å²) >= 11 is 0. The molecule has 3 heteroatoms. The number of carbonyl (C=O) groups is 1. The van der Waals surface area contributed by atoms with E-state index in [0.29, 0.717) is 6.42 Å². The van der Waals surface area contributed by atoms with Gasteiger partial charge in [-0.1, -0.05) is 44.3 Å². The van der Waals surface area contributed by atoms with E-state index in [9.17, 15) is 4.79 Å². The highest BCUT2D eigenvalue weighted by atomic mass is 16.4. The molecule has 2 N–H and O–H groups in total. The lowest BCUT2D eigenvalue weighted by molar-refractivity contribution is -0.146. The van der Waals surface area contributed by atoms with Crippen LogP contribution in [0.4, 0.5) is 0 Å². The van der Waals surface area contributed by atoms with Crippen molar-refractivity contribution in [3.8, 4) is 12.3 Å². The average molecular weight is 294 g/mol. The Morgan fingerprint density at radius 1 is 0.952 bits per heavy atom. The second-order valence-electron chi connectivity index (χ2n) is 5.47. The van der Waals surface area contributed by atoms with Gasteiger partial charge in [0.05, 0.1) is 0 Å². The number of unbranched alkanes of at least 4 members (excludes halogenated alkanes) is 9. The Kier molecular flexibility index (Phi) is 14.2. The van der Waals surface area contributed by atoms with Gasteiger partial charge in [-0.25, -0.2) is 4.79 Å². The average Bonchev–Trinajstić information content (AvgIpc) is 2.47. The number of carboxylic acid groups (broad SMARTS) is 1. The minimum Gasteiger partial charge on any atom is -0.479 e. The van der Waals surface area contributed by atoms with Gasteiger partial charge in [0.15, 0.2) is 6.10 Å². The fraction of sp³-hybridized carbons (Fsp3) is 0.722. The van der Waals surface area contributed by atoms with Crippen molar-refractivity contribution in [2.75, 3.05) is 0 Å². The van der Waals surface area contributed by atoms with Crippen molar-refractivity contribution < 1.29 is 15.0 Å². The fourth-order valence-electron chi connectivity index (χ4n) is 2.16. The third kappa shape index (κ3) is 14.9. The van der Waals surface area contributed by atoms with E-state index in [2.05, 4.69) is 18.1 Å². The zero-order valence-corrected chi connectivity index (χ0v) is 13.1. The first-order valence-electron chi connectivity index (χ1n) is 8.17. The van der Waals surface area contributed by atoms with Crippen LogP contribution in [0.5, 0.6) is 0 Å². The minimum atomic E-state index is -1.19. The Balaban J connectivity index is 3.19. The number of allylic oxidation sites excluding steroid dienone is 2. The molecular weight excluding hydrogens is 264 g/mol. The van der Waals surface area contributed by atoms with Crippen LogP contribution in [0.1, 0.15) is 77.0 Å². The van der Waals surface area contributed by atoms with Crippen molar-refractivity contribution in [2.45, 2.75) is 83.2 Å². The van der Waals surface area contributed by atoms with E-state index in [-0.39, 0.29) is 0 Å². The van der Waals surface area contributed by atoms with Crippen LogP contribution in [-0.2, 0) is 4.79 Å². The maximum absolute atomic E-state index is 10.4. The van der Waals surface area contributed by atoms with E-state index in [1.807, 2.05) is 0 Å². The molecule has 21 heavy (non-hydrogen) atoms. The molecule has 0 fully saturated rings. The zero-order chi connectivity index (χ0) is 15.8. The molecule has 0 radical (unpaired) electrons. The van der Waals surface area contributed by atoms with Crippen molar-refractivity contribution in [2.24, 2.45) is 0 Å². The smallest absolute Gasteiger partial charge is 0.332 e. The SMILES string of the molecule is C#CCCCCCC/C=C/CCCCCCC(O)C(=O)O. The summed E-state index contributed by atoms with van der Waals surface area (Å²) in [7, 11) is 0. The van der Waals surface area contributed by atoms with Gasteiger partial charge in [-0.2, -0.15) is 0 Å². The molecule has 0 heterocycles. The van der Waals surface area contributed by atoms with Crippen LogP contribution < -0.4 is 0 Å². The van der Waals surface area contributed by atoms with E-state index in [1.54, 1.807) is 0 Å². The van der Waals surface area contributed by atoms with Crippen molar-refractivity contribution in [1.29, 1.82) is 0 Å². The number of terminal acetylenes is 1. The maximum Gasteiger partial charge on any atom is 0.332 e. The number of aliphatic hydroxyl groups excluding tert-OH is 1. The highest BCUT2D eigenvalue weighted by Gasteiger charge is 2.11. The van der Waals surface area contributed by atoms with Gasteiger partial charge in [0.2, 0.25) is 0 Å². The Morgan fingerprint density at radius 2 is 1.48 bits per heavy atom. The first kappa shape index (κ1) is 19.7. The maximum atomic E-state index is 10.4. The zero-order valence-electron chi connectivity index (χ0n) is 13.1. The Labute approximate surface area is 129 Å². The molecule has 0 aromatic rings. The van der Waals surface area contributed by atoms with Gasteiger partial charge in [0, 0.05) is 6.42 Å². The van der Waals surface area contributed by atoms with Crippen molar-refractivity contribution in [1.82, 2.24) is 0 Å². The first-order chi connectivity index (χ1) is 10.2. The molecule has 0 saturated heterocycles. The van der Waals surface area contributed by atoms with Gasteiger partial charge in [-0.05, 0) is 38.5 Å². The lowest BCUT2D eigenvalue weighted by Crippen LogP contribution is -2.18. The molecule has 0 bridgehead atoms. The van der Waals surface area contributed by atoms with Crippen molar-refractivity contribution in [3.05, 3.63) is 12.2 Å². The normalized spacial score (nSPS) is 12.4. The summed E-state index contributed by atoms with van der Waals surface area (Å²) in [5.41, 5.74) is 0. The molecule has 0 aromatic carbocycles. The predicted octanol–water partition coefficient (Wildman–Crippen LogP) is 4.30. The van der Waals surface area contributed by atoms with Crippen molar-refractivity contribution >= 4 is 5.97 Å². The standard InChI is InChI=1S/C18H30O3/c1-2-3-4-5-6-7-8-9-10-11-12-13-14-15-16-17(19)18(20)21/h1,9-10,17,19H,3-8,11-16H2,(H,20,21)/b10-9+. The quantitative estimate of drug-likeness (QED) is 0.285. The molecule has 0 aliphatic carbocycles. The second kappa shape index (κ2) is 15.1. The summed E-state index contributed by atoms with van der Waals surface area (Å²) in [6.45, 7) is 0. The summed E-state index contributed by atoms with van der Waals surface area (Å²) in [4.78, 5) is 10.4. The fourth-order valence-corrected chi connectivity index (χ4v) is 2.16. The summed E-state index contributed by atoms with van der Waals surface area (Å²) in [6.07, 6.45) is 20.9. The molecule has 0 aliphatic rings. The van der Waals surface area contributed by atoms with Crippen LogP contribution in [0.25, 0.3) is 0 Å². The molecule has 1 atom stereocenters. The summed E-state index contributed by atoms with van der Waals surface area (Å²) in [5.74, 6) is 1.55. The van der Waals surface area contributed by atoms with Crippen molar-refractivity contribution in [3.63, 3.8) is 0 Å². The molecule has 0 rings (SSSR count). The lowest BCUT2D eigenvalue weighted by atomic mass is 10.1. The number of carboxylic acids is 1. The number of aliphatic hydroxyl groups is 1. The number of hydrogen-bond donors (Lipinski definition) is 2. The highest BCUT2D eigenvalue weighted by Crippen LogP contribution is 2.09. The van der Waals surface area contributed by atoms with Crippen LogP contribution in [-0.4, -0.2) is 22.3 Å². The molecule has 0 aliphatic heterocycles. The third-order valence-corrected chi connectivity index (χ3v) is 3.49. The summed E-state index contributed by atoms with van der Waals surface area (Å²) in [5, 5.41) is 17.6. The van der Waals surface area contributed by atoms with Crippen LogP contribution in [0, 0.1) is 12.3 Å². The van der Waals surface area contributed by atoms with Gasteiger partial charge < -0.3 is 10.2 Å². The van der Waals surface area contributed by atoms with Crippen LogP contribution >= 0.6 is 0 Å². The van der Waals surface area contributed by atoms with E-state index < -0.39 is 12.1 Å². The van der Waals surface area contributed by atoms with Gasteiger partial charge in [-0.15, -0.1) is 12.3 Å². The van der Waals surface area contributed by atoms with E-state index in [0.717, 1.165) is 51.4 Å². The van der Waals surface area contributed by atoms with Gasteiger partial charge >= 0.3 is 5.97 Å². The molecular formula is C18H30O3. The summed E-state index contributed by atoms with van der Waals surface area (Å²) < 4.78 is 0. The van der Waals surface area contributed by atoms with Gasteiger partial charge in [-0.3, -0.25) is 0 Å². The molecule has 0 amide bonds. The first-order valence-corrected chi connectivity index (χ1v) is 8.17. The van der Waals surface area contributed by atoms with E-state index in [4.69, 9.17) is 16.6 Å². The Hall–Kier alpha value is -1.27. The van der Waals surface area contributed by atoms with E-state index in [1.165, 1.54) is 19.3 Å². The lowest BCUT2D eigenvalue weighted by Gasteiger charge is -2.04. The largest absolute Gasteiger partial charge is 0.479 e.